The quantitative estimate of drug-likeness (QED) is 0.500. The third-order valence-electron chi connectivity index (χ3n) is 3.55. The predicted octanol–water partition coefficient (Wildman–Crippen LogP) is 3.26. The number of nitriles is 2. The molecule has 0 aliphatic rings. The van der Waals surface area contributed by atoms with Crippen LogP contribution < -0.4 is 0 Å². The normalized spacial score (nSPS) is 14.2. The molecule has 118 valence electrons. The second kappa shape index (κ2) is 8.11. The molecule has 2 rings (SSSR count). The Morgan fingerprint density at radius 3 is 1.29 bits per heavy atom. The van der Waals surface area contributed by atoms with Crippen LogP contribution in [0.25, 0.3) is 0 Å². The zero-order chi connectivity index (χ0) is 17.4. The van der Waals surface area contributed by atoms with Gasteiger partial charge in [-0.2, -0.15) is 10.5 Å². The lowest BCUT2D eigenvalue weighted by molar-refractivity contribution is 0.312. The van der Waals surface area contributed by atoms with Crippen molar-refractivity contribution >= 4 is 11.4 Å². The Kier molecular flexibility index (Phi) is 5.65. The molecule has 0 saturated heterocycles. The van der Waals surface area contributed by atoms with Crippen molar-refractivity contribution in [3.63, 3.8) is 0 Å². The van der Waals surface area contributed by atoms with Crippen LogP contribution in [0.1, 0.15) is 23.0 Å². The molecule has 0 amide bonds. The summed E-state index contributed by atoms with van der Waals surface area (Å²) in [6.45, 7) is 0. The van der Waals surface area contributed by atoms with Crippen LogP contribution in [0.5, 0.6) is 0 Å². The minimum absolute atomic E-state index is 0.165. The first kappa shape index (κ1) is 16.7. The van der Waals surface area contributed by atoms with E-state index in [1.165, 1.54) is 0 Å². The lowest BCUT2D eigenvalue weighted by Gasteiger charge is -2.16. The van der Waals surface area contributed by atoms with E-state index in [0.717, 1.165) is 0 Å². The molecule has 0 heterocycles. The maximum absolute atomic E-state index is 9.49. The SMILES string of the molecule is N#C[C@H](C(=N\O)/C(=N/O)[C@H](C#N)c1ccccc1)c1ccccc1. The molecule has 2 atom stereocenters. The Morgan fingerprint density at radius 2 is 1.04 bits per heavy atom. The Morgan fingerprint density at radius 1 is 0.708 bits per heavy atom. The van der Waals surface area contributed by atoms with E-state index in [0.29, 0.717) is 11.1 Å². The van der Waals surface area contributed by atoms with Gasteiger partial charge < -0.3 is 10.4 Å². The van der Waals surface area contributed by atoms with E-state index in [-0.39, 0.29) is 11.4 Å². The first-order chi connectivity index (χ1) is 11.8. The molecular weight excluding hydrogens is 304 g/mol. The van der Waals surface area contributed by atoms with Crippen molar-refractivity contribution in [1.29, 1.82) is 10.5 Å². The van der Waals surface area contributed by atoms with Gasteiger partial charge in [-0.15, -0.1) is 0 Å². The molecule has 0 unspecified atom stereocenters. The molecule has 0 saturated carbocycles. The summed E-state index contributed by atoms with van der Waals surface area (Å²) in [6.07, 6.45) is 0. The van der Waals surface area contributed by atoms with Crippen LogP contribution in [0.4, 0.5) is 0 Å². The van der Waals surface area contributed by atoms with Crippen molar-refractivity contribution in [3.8, 4) is 12.1 Å². The number of oxime groups is 2. The van der Waals surface area contributed by atoms with Gasteiger partial charge in [-0.1, -0.05) is 71.0 Å². The first-order valence-corrected chi connectivity index (χ1v) is 7.10. The number of hydrogen-bond donors (Lipinski definition) is 2. The van der Waals surface area contributed by atoms with E-state index in [1.807, 2.05) is 12.1 Å². The standard InChI is InChI=1S/C18H14N4O2/c19-11-15(13-7-3-1-4-8-13)17(21-23)18(22-24)16(12-20)14-9-5-2-6-10-14/h1-10,15-16,23-24H/b21-17+,22-18+/t15-,16+. The number of benzene rings is 2. The third-order valence-corrected chi connectivity index (χ3v) is 3.55. The summed E-state index contributed by atoms with van der Waals surface area (Å²) in [7, 11) is 0. The summed E-state index contributed by atoms with van der Waals surface area (Å²) in [5, 5.41) is 44.1. The van der Waals surface area contributed by atoms with Crippen molar-refractivity contribution in [2.24, 2.45) is 10.3 Å². The molecular formula is C18H14N4O2. The summed E-state index contributed by atoms with van der Waals surface area (Å²) in [5.74, 6) is -1.94. The van der Waals surface area contributed by atoms with E-state index in [2.05, 4.69) is 10.3 Å². The van der Waals surface area contributed by atoms with Gasteiger partial charge in [0.25, 0.3) is 0 Å². The largest absolute Gasteiger partial charge is 0.411 e. The van der Waals surface area contributed by atoms with Crippen LogP contribution in [0.15, 0.2) is 71.0 Å². The Labute approximate surface area is 139 Å². The van der Waals surface area contributed by atoms with Gasteiger partial charge in [-0.25, -0.2) is 0 Å². The summed E-state index contributed by atoms with van der Waals surface area (Å²) < 4.78 is 0. The van der Waals surface area contributed by atoms with Gasteiger partial charge in [0.15, 0.2) is 0 Å². The fourth-order valence-corrected chi connectivity index (χ4v) is 2.39. The van der Waals surface area contributed by atoms with Gasteiger partial charge in [0, 0.05) is 0 Å². The zero-order valence-corrected chi connectivity index (χ0v) is 12.6. The molecule has 0 fully saturated rings. The minimum atomic E-state index is -0.971. The smallest absolute Gasteiger partial charge is 0.128 e. The fourth-order valence-electron chi connectivity index (χ4n) is 2.39. The molecule has 2 aromatic rings. The molecule has 0 radical (unpaired) electrons. The number of nitrogens with zero attached hydrogens (tertiary/aromatic N) is 4. The van der Waals surface area contributed by atoms with Gasteiger partial charge in [0.1, 0.15) is 23.3 Å². The van der Waals surface area contributed by atoms with Crippen molar-refractivity contribution in [1.82, 2.24) is 0 Å². The molecule has 0 aromatic heterocycles. The van der Waals surface area contributed by atoms with Gasteiger partial charge in [-0.3, -0.25) is 0 Å². The highest BCUT2D eigenvalue weighted by molar-refractivity contribution is 6.46. The highest BCUT2D eigenvalue weighted by Gasteiger charge is 2.31. The van der Waals surface area contributed by atoms with E-state index < -0.39 is 11.8 Å². The van der Waals surface area contributed by atoms with Crippen molar-refractivity contribution in [2.45, 2.75) is 11.8 Å². The van der Waals surface area contributed by atoms with Gasteiger partial charge in [0.05, 0.1) is 12.1 Å². The molecule has 0 bridgehead atoms. The van der Waals surface area contributed by atoms with Crippen molar-refractivity contribution in [2.75, 3.05) is 0 Å². The fraction of sp³-hybridized carbons (Fsp3) is 0.111. The Bertz CT molecular complexity index is 746. The minimum Gasteiger partial charge on any atom is -0.411 e. The molecule has 6 nitrogen and oxygen atoms in total. The highest BCUT2D eigenvalue weighted by Crippen LogP contribution is 2.24. The highest BCUT2D eigenvalue weighted by atomic mass is 16.4. The Hall–Kier alpha value is -3.64. The Balaban J connectivity index is 2.48. The summed E-state index contributed by atoms with van der Waals surface area (Å²) in [5.41, 5.74) is 0.806. The number of hydrogen-bond acceptors (Lipinski definition) is 6. The van der Waals surface area contributed by atoms with Crippen LogP contribution in [-0.4, -0.2) is 21.8 Å². The maximum atomic E-state index is 9.49. The van der Waals surface area contributed by atoms with Crippen LogP contribution in [0.3, 0.4) is 0 Å². The van der Waals surface area contributed by atoms with Gasteiger partial charge in [-0.05, 0) is 11.1 Å². The van der Waals surface area contributed by atoms with Gasteiger partial charge >= 0.3 is 0 Å². The van der Waals surface area contributed by atoms with E-state index >= 15 is 0 Å². The maximum Gasteiger partial charge on any atom is 0.128 e. The number of rotatable bonds is 5. The summed E-state index contributed by atoms with van der Waals surface area (Å²) in [6, 6.07) is 21.3. The summed E-state index contributed by atoms with van der Waals surface area (Å²) >= 11 is 0. The van der Waals surface area contributed by atoms with Gasteiger partial charge in [0.2, 0.25) is 0 Å². The average Bonchev–Trinajstić information content (AvgIpc) is 2.66. The molecule has 0 aliphatic carbocycles. The van der Waals surface area contributed by atoms with E-state index in [9.17, 15) is 20.9 Å². The molecule has 2 aromatic carbocycles. The zero-order valence-electron chi connectivity index (χ0n) is 12.6. The summed E-state index contributed by atoms with van der Waals surface area (Å²) in [4.78, 5) is 0. The van der Waals surface area contributed by atoms with Crippen molar-refractivity contribution in [3.05, 3.63) is 71.8 Å². The van der Waals surface area contributed by atoms with E-state index in [1.54, 1.807) is 60.7 Å². The first-order valence-electron chi connectivity index (χ1n) is 7.10. The van der Waals surface area contributed by atoms with Crippen LogP contribution in [-0.2, 0) is 0 Å². The van der Waals surface area contributed by atoms with Crippen LogP contribution >= 0.6 is 0 Å². The second-order valence-corrected chi connectivity index (χ2v) is 4.92. The molecule has 24 heavy (non-hydrogen) atoms. The third kappa shape index (κ3) is 3.40. The molecule has 6 heteroatoms. The van der Waals surface area contributed by atoms with Crippen molar-refractivity contribution < 1.29 is 10.4 Å². The molecule has 0 spiro atoms. The monoisotopic (exact) mass is 318 g/mol. The second-order valence-electron chi connectivity index (χ2n) is 4.92. The lowest BCUT2D eigenvalue weighted by atomic mass is 9.85. The predicted molar refractivity (Wildman–Crippen MR) is 88.0 cm³/mol. The van der Waals surface area contributed by atoms with Crippen LogP contribution in [0.2, 0.25) is 0 Å². The molecule has 0 aliphatic heterocycles. The molecule has 2 N–H and O–H groups in total. The lowest BCUT2D eigenvalue weighted by Crippen LogP contribution is -2.27. The van der Waals surface area contributed by atoms with Crippen LogP contribution in [0, 0.1) is 22.7 Å². The van der Waals surface area contributed by atoms with E-state index in [4.69, 9.17) is 0 Å². The average molecular weight is 318 g/mol. The topological polar surface area (TPSA) is 113 Å².